The summed E-state index contributed by atoms with van der Waals surface area (Å²) in [7, 11) is 1.54. The average molecular weight is 341 g/mol. The summed E-state index contributed by atoms with van der Waals surface area (Å²) in [5.41, 5.74) is 1.07. The zero-order chi connectivity index (χ0) is 16.3. The number of rotatable bonds is 5. The van der Waals surface area contributed by atoms with E-state index < -0.39 is 0 Å². The van der Waals surface area contributed by atoms with Gasteiger partial charge in [0, 0.05) is 0 Å². The van der Waals surface area contributed by atoms with Crippen LogP contribution in [0.2, 0.25) is 5.02 Å². The summed E-state index contributed by atoms with van der Waals surface area (Å²) in [4.78, 5) is 11.7. The van der Waals surface area contributed by atoms with Gasteiger partial charge in [0.05, 0.1) is 18.2 Å². The number of hydrogen-bond donors (Lipinski definition) is 2. The quantitative estimate of drug-likeness (QED) is 0.637. The van der Waals surface area contributed by atoms with Crippen molar-refractivity contribution in [2.24, 2.45) is 0 Å². The van der Waals surface area contributed by atoms with Gasteiger partial charge in [0.15, 0.2) is 16.6 Å². The van der Waals surface area contributed by atoms with Crippen molar-refractivity contribution in [1.29, 1.82) is 0 Å². The normalized spacial score (nSPS) is 17.2. The van der Waals surface area contributed by atoms with Crippen LogP contribution in [0.15, 0.2) is 17.8 Å². The Morgan fingerprint density at radius 1 is 1.41 bits per heavy atom. The van der Waals surface area contributed by atoms with Gasteiger partial charge in [-0.15, -0.1) is 0 Å². The smallest absolute Gasteiger partial charge is 0.273 e. The Labute approximate surface area is 139 Å². The summed E-state index contributed by atoms with van der Waals surface area (Å²) in [6.45, 7) is 3.98. The van der Waals surface area contributed by atoms with Gasteiger partial charge in [-0.25, -0.2) is 0 Å². The first-order valence-electron chi connectivity index (χ1n) is 6.82. The van der Waals surface area contributed by atoms with Gasteiger partial charge in [0.1, 0.15) is 5.70 Å². The van der Waals surface area contributed by atoms with Crippen LogP contribution in [-0.2, 0) is 4.79 Å². The van der Waals surface area contributed by atoms with E-state index in [1.54, 1.807) is 25.3 Å². The van der Waals surface area contributed by atoms with E-state index in [2.05, 4.69) is 10.6 Å². The second-order valence-electron chi connectivity index (χ2n) is 4.84. The average Bonchev–Trinajstić information content (AvgIpc) is 2.79. The van der Waals surface area contributed by atoms with Crippen LogP contribution in [-0.4, -0.2) is 24.2 Å². The second-order valence-corrected chi connectivity index (χ2v) is 5.65. The number of nitrogens with one attached hydrogen (secondary N) is 2. The number of methoxy groups -OCH3 is 1. The van der Waals surface area contributed by atoms with Gasteiger partial charge >= 0.3 is 0 Å². The predicted octanol–water partition coefficient (Wildman–Crippen LogP) is 2.87. The first kappa shape index (κ1) is 16.6. The van der Waals surface area contributed by atoms with Crippen LogP contribution in [0.4, 0.5) is 0 Å². The van der Waals surface area contributed by atoms with Crippen LogP contribution in [0.3, 0.4) is 0 Å². The van der Waals surface area contributed by atoms with Gasteiger partial charge in [-0.1, -0.05) is 18.5 Å². The molecule has 0 aromatic heterocycles. The molecule has 7 heteroatoms. The summed E-state index contributed by atoms with van der Waals surface area (Å²) in [5, 5.41) is 5.99. The minimum absolute atomic E-state index is 0.0234. The highest BCUT2D eigenvalue weighted by Gasteiger charge is 2.21. The Bertz CT molecular complexity index is 646. The second kappa shape index (κ2) is 6.98. The highest BCUT2D eigenvalue weighted by Crippen LogP contribution is 2.37. The van der Waals surface area contributed by atoms with Crippen molar-refractivity contribution < 1.29 is 14.3 Å². The maximum atomic E-state index is 11.7. The van der Waals surface area contributed by atoms with Crippen LogP contribution >= 0.6 is 23.8 Å². The molecule has 1 atom stereocenters. The lowest BCUT2D eigenvalue weighted by Gasteiger charge is -2.17. The minimum Gasteiger partial charge on any atom is -0.493 e. The van der Waals surface area contributed by atoms with Crippen molar-refractivity contribution in [3.63, 3.8) is 0 Å². The number of halogens is 1. The SMILES string of the molecule is CCC(C)Oc1c(Cl)cc(C=C2NC(=S)NC2=O)cc1OC. The van der Waals surface area contributed by atoms with Gasteiger partial charge in [0.2, 0.25) is 0 Å². The van der Waals surface area contributed by atoms with E-state index in [0.29, 0.717) is 27.8 Å². The standard InChI is InChI=1S/C15H17ClN2O3S/c1-4-8(2)21-13-10(16)5-9(7-12(13)20-3)6-11-14(19)18-15(22)17-11/h5-8H,4H2,1-3H3,(H2,17,18,19,22). The van der Waals surface area contributed by atoms with Crippen molar-refractivity contribution in [2.75, 3.05) is 7.11 Å². The Balaban J connectivity index is 2.35. The fourth-order valence-electron chi connectivity index (χ4n) is 1.87. The van der Waals surface area contributed by atoms with E-state index in [-0.39, 0.29) is 17.1 Å². The molecule has 1 heterocycles. The number of hydrogen-bond acceptors (Lipinski definition) is 4. The van der Waals surface area contributed by atoms with Crippen LogP contribution in [0.5, 0.6) is 11.5 Å². The van der Waals surface area contributed by atoms with E-state index >= 15 is 0 Å². The van der Waals surface area contributed by atoms with E-state index in [9.17, 15) is 4.79 Å². The van der Waals surface area contributed by atoms with E-state index in [0.717, 1.165) is 6.42 Å². The summed E-state index contributed by atoms with van der Waals surface area (Å²) < 4.78 is 11.1. The Morgan fingerprint density at radius 3 is 2.68 bits per heavy atom. The highest BCUT2D eigenvalue weighted by atomic mass is 35.5. The van der Waals surface area contributed by atoms with Crippen LogP contribution < -0.4 is 20.1 Å². The number of amides is 1. The fourth-order valence-corrected chi connectivity index (χ4v) is 2.34. The molecule has 1 aliphatic heterocycles. The lowest BCUT2D eigenvalue weighted by molar-refractivity contribution is -0.115. The van der Waals surface area contributed by atoms with E-state index in [1.165, 1.54) is 0 Å². The summed E-state index contributed by atoms with van der Waals surface area (Å²) in [5.74, 6) is 0.737. The van der Waals surface area contributed by atoms with Crippen molar-refractivity contribution in [2.45, 2.75) is 26.4 Å². The molecule has 1 unspecified atom stereocenters. The largest absolute Gasteiger partial charge is 0.493 e. The Hall–Kier alpha value is -1.79. The van der Waals surface area contributed by atoms with Gasteiger partial charge < -0.3 is 14.8 Å². The molecule has 2 rings (SSSR count). The van der Waals surface area contributed by atoms with Crippen molar-refractivity contribution in [3.8, 4) is 11.5 Å². The molecule has 5 nitrogen and oxygen atoms in total. The van der Waals surface area contributed by atoms with Crippen molar-refractivity contribution >= 4 is 40.9 Å². The van der Waals surface area contributed by atoms with Gasteiger partial charge in [-0.05, 0) is 49.3 Å². The molecule has 1 aromatic carbocycles. The lowest BCUT2D eigenvalue weighted by atomic mass is 10.1. The Kier molecular flexibility index (Phi) is 5.26. The number of carbonyl (C=O) groups excluding carboxylic acids is 1. The molecule has 0 bridgehead atoms. The van der Waals surface area contributed by atoms with Crippen LogP contribution in [0.1, 0.15) is 25.8 Å². The molecule has 1 fully saturated rings. The molecule has 0 radical (unpaired) electrons. The Morgan fingerprint density at radius 2 is 2.14 bits per heavy atom. The monoisotopic (exact) mass is 340 g/mol. The third-order valence-electron chi connectivity index (χ3n) is 3.18. The fraction of sp³-hybridized carbons (Fsp3) is 0.333. The predicted molar refractivity (Wildman–Crippen MR) is 90.2 cm³/mol. The zero-order valence-electron chi connectivity index (χ0n) is 12.5. The minimum atomic E-state index is -0.278. The molecule has 1 aromatic rings. The summed E-state index contributed by atoms with van der Waals surface area (Å²) in [6, 6.07) is 3.47. The maximum absolute atomic E-state index is 11.7. The van der Waals surface area contributed by atoms with Crippen LogP contribution in [0.25, 0.3) is 6.08 Å². The van der Waals surface area contributed by atoms with Gasteiger partial charge in [0.25, 0.3) is 5.91 Å². The molecule has 0 aliphatic carbocycles. The van der Waals surface area contributed by atoms with E-state index in [4.69, 9.17) is 33.3 Å². The third kappa shape index (κ3) is 3.69. The molecule has 118 valence electrons. The molecule has 0 spiro atoms. The molecule has 1 amide bonds. The maximum Gasteiger partial charge on any atom is 0.273 e. The molecule has 0 saturated carbocycles. The van der Waals surface area contributed by atoms with Gasteiger partial charge in [-0.2, -0.15) is 0 Å². The molecule has 2 N–H and O–H groups in total. The van der Waals surface area contributed by atoms with Crippen molar-refractivity contribution in [3.05, 3.63) is 28.4 Å². The molecule has 1 aliphatic rings. The number of thiocarbonyl (C=S) groups is 1. The number of benzene rings is 1. The molecular formula is C15H17ClN2O3S. The molecular weight excluding hydrogens is 324 g/mol. The zero-order valence-corrected chi connectivity index (χ0v) is 14.1. The third-order valence-corrected chi connectivity index (χ3v) is 3.66. The van der Waals surface area contributed by atoms with Crippen molar-refractivity contribution in [1.82, 2.24) is 10.6 Å². The van der Waals surface area contributed by atoms with E-state index in [1.807, 2.05) is 13.8 Å². The van der Waals surface area contributed by atoms with Gasteiger partial charge in [-0.3, -0.25) is 10.1 Å². The number of ether oxygens (including phenoxy) is 2. The first-order valence-corrected chi connectivity index (χ1v) is 7.61. The molecule has 1 saturated heterocycles. The molecule has 22 heavy (non-hydrogen) atoms. The topological polar surface area (TPSA) is 59.6 Å². The highest BCUT2D eigenvalue weighted by molar-refractivity contribution is 7.80. The lowest BCUT2D eigenvalue weighted by Crippen LogP contribution is -2.21. The summed E-state index contributed by atoms with van der Waals surface area (Å²) >= 11 is 11.2. The van der Waals surface area contributed by atoms with Crippen LogP contribution in [0, 0.1) is 0 Å². The first-order chi connectivity index (χ1) is 10.4. The number of carbonyl (C=O) groups is 1. The summed E-state index contributed by atoms with van der Waals surface area (Å²) in [6.07, 6.45) is 2.53.